The van der Waals surface area contributed by atoms with Crippen molar-refractivity contribution >= 4 is 17.8 Å². The summed E-state index contributed by atoms with van der Waals surface area (Å²) in [5.74, 6) is -0.444. The fourth-order valence-corrected chi connectivity index (χ4v) is 4.67. The Balaban J connectivity index is 1.97. The molecule has 0 radical (unpaired) electrons. The Kier molecular flexibility index (Phi) is 9.42. The molecule has 2 aliphatic heterocycles. The second kappa shape index (κ2) is 12.5. The van der Waals surface area contributed by atoms with Gasteiger partial charge in [-0.15, -0.1) is 6.42 Å². The van der Waals surface area contributed by atoms with E-state index in [1.807, 2.05) is 44.2 Å². The van der Waals surface area contributed by atoms with Crippen LogP contribution in [0.4, 0.5) is 13.6 Å². The van der Waals surface area contributed by atoms with Gasteiger partial charge in [0.2, 0.25) is 11.8 Å². The Morgan fingerprint density at radius 3 is 2.55 bits per heavy atom. The van der Waals surface area contributed by atoms with Crippen molar-refractivity contribution in [3.63, 3.8) is 0 Å². The molecule has 38 heavy (non-hydrogen) atoms. The van der Waals surface area contributed by atoms with Gasteiger partial charge < -0.3 is 15.1 Å². The molecule has 2 saturated heterocycles. The average Bonchev–Trinajstić information content (AvgIpc) is 2.88. The van der Waals surface area contributed by atoms with Crippen molar-refractivity contribution in [2.75, 3.05) is 26.2 Å². The van der Waals surface area contributed by atoms with Crippen LogP contribution in [0.1, 0.15) is 25.8 Å². The maximum absolute atomic E-state index is 14.4. The third-order valence-electron chi connectivity index (χ3n) is 6.72. The van der Waals surface area contributed by atoms with Crippen molar-refractivity contribution in [3.8, 4) is 12.3 Å². The Morgan fingerprint density at radius 1 is 1.26 bits per heavy atom. The van der Waals surface area contributed by atoms with Crippen LogP contribution >= 0.6 is 0 Å². The number of hydrogen-bond donors (Lipinski definition) is 1. The molecule has 2 heterocycles. The highest BCUT2D eigenvalue weighted by Crippen LogP contribution is 2.31. The van der Waals surface area contributed by atoms with E-state index in [0.717, 1.165) is 5.56 Å². The number of rotatable bonds is 9. The Morgan fingerprint density at radius 2 is 1.95 bits per heavy atom. The number of urea groups is 1. The molecule has 0 spiro atoms. The van der Waals surface area contributed by atoms with Gasteiger partial charge in [-0.3, -0.25) is 9.59 Å². The van der Waals surface area contributed by atoms with E-state index in [-0.39, 0.29) is 50.1 Å². The van der Waals surface area contributed by atoms with Gasteiger partial charge in [0.1, 0.15) is 23.9 Å². The van der Waals surface area contributed by atoms with Gasteiger partial charge in [0.25, 0.3) is 0 Å². The third kappa shape index (κ3) is 6.29. The molecule has 4 amide bonds. The van der Waals surface area contributed by atoms with Crippen LogP contribution in [-0.2, 0) is 16.1 Å². The number of hydrogen-bond acceptors (Lipinski definition) is 4. The summed E-state index contributed by atoms with van der Waals surface area (Å²) in [6.07, 6.45) is 5.82. The number of nitrogens with one attached hydrogen (secondary N) is 1. The maximum Gasteiger partial charge on any atom is 0.334 e. The summed E-state index contributed by atoms with van der Waals surface area (Å²) >= 11 is 0. The first-order chi connectivity index (χ1) is 18.1. The number of fused-ring (bicyclic) bond motifs is 1. The summed E-state index contributed by atoms with van der Waals surface area (Å²) in [5.41, 5.74) is 0.747. The molecule has 8 nitrogen and oxygen atoms in total. The monoisotopic (exact) mass is 525 g/mol. The molecule has 0 saturated carbocycles. The molecular formula is C28H33F2N5O3. The lowest BCUT2D eigenvalue weighted by Crippen LogP contribution is -2.77. The van der Waals surface area contributed by atoms with E-state index < -0.39 is 35.8 Å². The van der Waals surface area contributed by atoms with Crippen LogP contribution in [0.5, 0.6) is 0 Å². The van der Waals surface area contributed by atoms with Crippen LogP contribution < -0.4 is 5.32 Å². The first-order valence-electron chi connectivity index (χ1n) is 12.4. The molecule has 3 rings (SSSR count). The molecule has 1 aromatic rings. The van der Waals surface area contributed by atoms with Crippen molar-refractivity contribution in [1.82, 2.24) is 25.1 Å². The number of benzene rings is 1. The number of allylic oxidation sites excluding steroid dienone is 2. The third-order valence-corrected chi connectivity index (χ3v) is 6.72. The molecule has 0 bridgehead atoms. The molecule has 1 N–H and O–H groups in total. The quantitative estimate of drug-likeness (QED) is 0.396. The molecule has 2 aliphatic rings. The lowest BCUT2D eigenvalue weighted by atomic mass is 9.92. The number of carbonyl (C=O) groups is 3. The van der Waals surface area contributed by atoms with Gasteiger partial charge in [-0.1, -0.05) is 69.7 Å². The highest BCUT2D eigenvalue weighted by Gasteiger charge is 2.52. The van der Waals surface area contributed by atoms with E-state index in [1.54, 1.807) is 0 Å². The van der Waals surface area contributed by atoms with Gasteiger partial charge in [-0.2, -0.15) is 5.01 Å². The largest absolute Gasteiger partial charge is 0.334 e. The SMILES string of the molecule is C#CCN1CC(=O)N2C(CN(CC(=C)/C(F)=C\C(=C)F)C(=O)[C@@H]2C(C)CC)N1C(=O)NCc1ccccc1. The van der Waals surface area contributed by atoms with Crippen LogP contribution in [0.3, 0.4) is 0 Å². The van der Waals surface area contributed by atoms with Crippen LogP contribution in [0.15, 0.2) is 66.8 Å². The topological polar surface area (TPSA) is 76.2 Å². The zero-order valence-electron chi connectivity index (χ0n) is 21.7. The van der Waals surface area contributed by atoms with Gasteiger partial charge >= 0.3 is 6.03 Å². The van der Waals surface area contributed by atoms with Gasteiger partial charge in [0.05, 0.1) is 19.6 Å². The zero-order chi connectivity index (χ0) is 28.0. The number of hydrazine groups is 1. The lowest BCUT2D eigenvalue weighted by Gasteiger charge is -2.55. The molecule has 2 unspecified atom stereocenters. The fraction of sp³-hybridized carbons (Fsp3) is 0.393. The molecule has 202 valence electrons. The molecular weight excluding hydrogens is 492 g/mol. The number of amides is 4. The van der Waals surface area contributed by atoms with Gasteiger partial charge in [-0.25, -0.2) is 18.6 Å². The second-order valence-corrected chi connectivity index (χ2v) is 9.39. The summed E-state index contributed by atoms with van der Waals surface area (Å²) in [6, 6.07) is 7.92. The van der Waals surface area contributed by atoms with Crippen molar-refractivity contribution in [2.24, 2.45) is 5.92 Å². The standard InChI is InChI=1S/C28H33F2N5O3/c1-6-13-33-18-25(36)34-24(35(33)28(38)31-15-22-11-9-8-10-12-22)17-32(27(37)26(34)19(3)7-2)16-20(4)23(30)14-21(5)29/h1,8-12,14,19,24,26H,4-5,7,13,15-18H2,2-3H3,(H,31,38)/b23-14+/t19?,24?,26-/m0/s1. The lowest BCUT2D eigenvalue weighted by molar-refractivity contribution is -0.191. The second-order valence-electron chi connectivity index (χ2n) is 9.39. The summed E-state index contributed by atoms with van der Waals surface area (Å²) in [5, 5.41) is 5.71. The van der Waals surface area contributed by atoms with E-state index in [9.17, 15) is 23.2 Å². The molecule has 1 aromatic carbocycles. The predicted molar refractivity (Wildman–Crippen MR) is 140 cm³/mol. The summed E-state index contributed by atoms with van der Waals surface area (Å²) in [7, 11) is 0. The first kappa shape index (κ1) is 28.6. The number of nitrogens with zero attached hydrogens (tertiary/aromatic N) is 4. The predicted octanol–water partition coefficient (Wildman–Crippen LogP) is 3.37. The number of halogens is 2. The van der Waals surface area contributed by atoms with E-state index in [2.05, 4.69) is 24.4 Å². The maximum atomic E-state index is 14.4. The Hall–Kier alpha value is -3.97. The highest BCUT2D eigenvalue weighted by molar-refractivity contribution is 5.92. The van der Waals surface area contributed by atoms with E-state index in [4.69, 9.17) is 6.42 Å². The van der Waals surface area contributed by atoms with Crippen molar-refractivity contribution < 1.29 is 23.2 Å². The molecule has 0 aliphatic carbocycles. The molecule has 10 heteroatoms. The minimum absolute atomic E-state index is 0.0144. The average molecular weight is 526 g/mol. The highest BCUT2D eigenvalue weighted by atomic mass is 19.1. The summed E-state index contributed by atoms with van der Waals surface area (Å²) < 4.78 is 27.6. The minimum Gasteiger partial charge on any atom is -0.333 e. The van der Waals surface area contributed by atoms with E-state index in [1.165, 1.54) is 19.8 Å². The van der Waals surface area contributed by atoms with Crippen LogP contribution in [-0.4, -0.2) is 76.0 Å². The van der Waals surface area contributed by atoms with Crippen LogP contribution in [0.2, 0.25) is 0 Å². The number of piperazine rings is 1. The Bertz CT molecular complexity index is 1160. The Labute approximate surface area is 222 Å². The molecule has 2 fully saturated rings. The smallest absolute Gasteiger partial charge is 0.333 e. The van der Waals surface area contributed by atoms with Gasteiger partial charge in [-0.05, 0) is 11.5 Å². The van der Waals surface area contributed by atoms with Crippen molar-refractivity contribution in [3.05, 3.63) is 72.4 Å². The van der Waals surface area contributed by atoms with Crippen molar-refractivity contribution in [1.29, 1.82) is 0 Å². The number of terminal acetylenes is 1. The van der Waals surface area contributed by atoms with Crippen molar-refractivity contribution in [2.45, 2.75) is 39.0 Å². The summed E-state index contributed by atoms with van der Waals surface area (Å²) in [6.45, 7) is 10.1. The van der Waals surface area contributed by atoms with Gasteiger partial charge in [0.15, 0.2) is 0 Å². The normalized spacial score (nSPS) is 21.0. The summed E-state index contributed by atoms with van der Waals surface area (Å²) in [4.78, 5) is 43.3. The number of carbonyl (C=O) groups excluding carboxylic acids is 3. The molecule has 3 atom stereocenters. The first-order valence-corrected chi connectivity index (χ1v) is 12.4. The van der Waals surface area contributed by atoms with Gasteiger partial charge in [0, 0.05) is 24.7 Å². The van der Waals surface area contributed by atoms with Crippen LogP contribution in [0, 0.1) is 18.3 Å². The van der Waals surface area contributed by atoms with E-state index >= 15 is 0 Å². The zero-order valence-corrected chi connectivity index (χ0v) is 21.7. The van der Waals surface area contributed by atoms with E-state index in [0.29, 0.717) is 12.5 Å². The van der Waals surface area contributed by atoms with Crippen LogP contribution in [0.25, 0.3) is 0 Å². The minimum atomic E-state index is -0.985. The fourth-order valence-electron chi connectivity index (χ4n) is 4.67. The molecule has 0 aromatic heterocycles.